The minimum Gasteiger partial charge on any atom is -0.326 e. The first kappa shape index (κ1) is 16.1. The maximum absolute atomic E-state index is 12.7. The number of nitrogens with one attached hydrogen (secondary N) is 1. The fourth-order valence-electron chi connectivity index (χ4n) is 3.08. The second kappa shape index (κ2) is 6.40. The van der Waals surface area contributed by atoms with Crippen molar-refractivity contribution in [3.63, 3.8) is 0 Å². The first-order valence-corrected chi connectivity index (χ1v) is 8.20. The van der Waals surface area contributed by atoms with Crippen LogP contribution in [-0.2, 0) is 4.79 Å². The maximum atomic E-state index is 12.7. The van der Waals surface area contributed by atoms with Crippen molar-refractivity contribution in [1.29, 1.82) is 0 Å². The van der Waals surface area contributed by atoms with Crippen molar-refractivity contribution >= 4 is 23.2 Å². The van der Waals surface area contributed by atoms with Crippen LogP contribution in [0, 0.1) is 5.92 Å². The minimum atomic E-state index is -0.182. The Hall–Kier alpha value is -2.75. The third-order valence-corrected chi connectivity index (χ3v) is 4.55. The number of hydrogen-bond donors (Lipinski definition) is 1. The molecule has 1 aliphatic rings. The molecule has 0 atom stereocenters. The first-order valence-electron chi connectivity index (χ1n) is 8.20. The lowest BCUT2D eigenvalue weighted by Gasteiger charge is -2.19. The van der Waals surface area contributed by atoms with Crippen molar-refractivity contribution in [2.75, 3.05) is 5.32 Å². The summed E-state index contributed by atoms with van der Waals surface area (Å²) in [6.07, 6.45) is 1.52. The highest BCUT2D eigenvalue weighted by Gasteiger charge is 2.29. The fraction of sp³-hybridized carbons (Fsp3) is 0.250. The molecule has 0 heterocycles. The van der Waals surface area contributed by atoms with Crippen molar-refractivity contribution in [2.24, 2.45) is 5.92 Å². The Morgan fingerprint density at radius 3 is 2.00 bits per heavy atom. The molecule has 0 fully saturated rings. The van der Waals surface area contributed by atoms with E-state index in [2.05, 4.69) is 5.32 Å². The van der Waals surface area contributed by atoms with Crippen LogP contribution in [0.5, 0.6) is 0 Å². The van der Waals surface area contributed by atoms with E-state index in [1.54, 1.807) is 42.5 Å². The van der Waals surface area contributed by atoms with Crippen LogP contribution in [0.15, 0.2) is 42.5 Å². The third-order valence-electron chi connectivity index (χ3n) is 4.55. The van der Waals surface area contributed by atoms with Crippen LogP contribution in [0.1, 0.15) is 58.5 Å². The standard InChI is InChI=1S/C20H19NO3/c1-3-12(4-2)20(24)21-13-9-10-16-17(11-13)19(23)15-8-6-5-7-14(15)18(16)22/h5-12H,3-4H2,1-2H3,(H,21,24). The Morgan fingerprint density at radius 2 is 1.42 bits per heavy atom. The van der Waals surface area contributed by atoms with Crippen molar-refractivity contribution in [3.8, 4) is 0 Å². The Labute approximate surface area is 140 Å². The van der Waals surface area contributed by atoms with E-state index >= 15 is 0 Å². The molecule has 24 heavy (non-hydrogen) atoms. The van der Waals surface area contributed by atoms with Crippen molar-refractivity contribution in [1.82, 2.24) is 0 Å². The molecular weight excluding hydrogens is 302 g/mol. The second-order valence-corrected chi connectivity index (χ2v) is 5.97. The molecule has 0 bridgehead atoms. The summed E-state index contributed by atoms with van der Waals surface area (Å²) in [5, 5.41) is 2.85. The van der Waals surface area contributed by atoms with Gasteiger partial charge in [-0.25, -0.2) is 0 Å². The summed E-state index contributed by atoms with van der Waals surface area (Å²) in [7, 11) is 0. The number of anilines is 1. The van der Waals surface area contributed by atoms with Gasteiger partial charge in [-0.3, -0.25) is 14.4 Å². The van der Waals surface area contributed by atoms with Crippen molar-refractivity contribution < 1.29 is 14.4 Å². The molecule has 0 saturated heterocycles. The van der Waals surface area contributed by atoms with E-state index in [9.17, 15) is 14.4 Å². The van der Waals surface area contributed by atoms with Crippen LogP contribution in [0.25, 0.3) is 0 Å². The first-order chi connectivity index (χ1) is 11.6. The zero-order valence-corrected chi connectivity index (χ0v) is 13.8. The summed E-state index contributed by atoms with van der Waals surface area (Å²) >= 11 is 0. The van der Waals surface area contributed by atoms with E-state index in [4.69, 9.17) is 0 Å². The number of benzene rings is 2. The van der Waals surface area contributed by atoms with E-state index in [1.165, 1.54) is 0 Å². The largest absolute Gasteiger partial charge is 0.326 e. The van der Waals surface area contributed by atoms with Gasteiger partial charge in [-0.05, 0) is 31.0 Å². The summed E-state index contributed by atoms with van der Waals surface area (Å²) < 4.78 is 0. The number of amides is 1. The maximum Gasteiger partial charge on any atom is 0.227 e. The zero-order valence-electron chi connectivity index (χ0n) is 13.8. The van der Waals surface area contributed by atoms with Crippen LogP contribution < -0.4 is 5.32 Å². The van der Waals surface area contributed by atoms with Gasteiger partial charge in [0.15, 0.2) is 11.6 Å². The normalized spacial score (nSPS) is 12.8. The fourth-order valence-corrected chi connectivity index (χ4v) is 3.08. The molecule has 0 aromatic heterocycles. The van der Waals surface area contributed by atoms with E-state index < -0.39 is 0 Å². The average molecular weight is 321 g/mol. The summed E-state index contributed by atoms with van der Waals surface area (Å²) in [6, 6.07) is 11.7. The van der Waals surface area contributed by atoms with Gasteiger partial charge in [0.05, 0.1) is 0 Å². The monoisotopic (exact) mass is 321 g/mol. The van der Waals surface area contributed by atoms with Gasteiger partial charge < -0.3 is 5.32 Å². The lowest BCUT2D eigenvalue weighted by Crippen LogP contribution is -2.23. The Balaban J connectivity index is 1.96. The minimum absolute atomic E-state index is 0.0564. The van der Waals surface area contributed by atoms with Gasteiger partial charge in [-0.1, -0.05) is 38.1 Å². The predicted molar refractivity (Wildman–Crippen MR) is 92.5 cm³/mol. The Morgan fingerprint density at radius 1 is 0.875 bits per heavy atom. The highest BCUT2D eigenvalue weighted by molar-refractivity contribution is 6.28. The SMILES string of the molecule is CCC(CC)C(=O)Nc1ccc2c(c1)C(=O)c1ccccc1C2=O. The Kier molecular flexibility index (Phi) is 4.30. The van der Waals surface area contributed by atoms with Gasteiger partial charge in [0.1, 0.15) is 0 Å². The molecule has 0 spiro atoms. The molecule has 1 aliphatic carbocycles. The molecule has 1 N–H and O–H groups in total. The van der Waals surface area contributed by atoms with Crippen LogP contribution >= 0.6 is 0 Å². The highest BCUT2D eigenvalue weighted by atomic mass is 16.2. The zero-order chi connectivity index (χ0) is 17.3. The molecule has 4 nitrogen and oxygen atoms in total. The lowest BCUT2D eigenvalue weighted by atomic mass is 9.84. The summed E-state index contributed by atoms with van der Waals surface area (Å²) in [5.41, 5.74) is 2.13. The molecule has 0 unspecified atom stereocenters. The van der Waals surface area contributed by atoms with Crippen LogP contribution in [0.2, 0.25) is 0 Å². The van der Waals surface area contributed by atoms with Crippen LogP contribution in [0.3, 0.4) is 0 Å². The van der Waals surface area contributed by atoms with Crippen LogP contribution in [-0.4, -0.2) is 17.5 Å². The molecule has 3 rings (SSSR count). The lowest BCUT2D eigenvalue weighted by molar-refractivity contribution is -0.120. The quantitative estimate of drug-likeness (QED) is 0.794. The number of hydrogen-bond acceptors (Lipinski definition) is 3. The molecule has 122 valence electrons. The summed E-state index contributed by atoms with van der Waals surface area (Å²) in [6.45, 7) is 3.94. The van der Waals surface area contributed by atoms with Gasteiger partial charge in [-0.2, -0.15) is 0 Å². The average Bonchev–Trinajstić information content (AvgIpc) is 2.60. The predicted octanol–water partition coefficient (Wildman–Crippen LogP) is 3.84. The molecule has 1 amide bonds. The summed E-state index contributed by atoms with van der Waals surface area (Å²) in [4.78, 5) is 37.4. The third kappa shape index (κ3) is 2.64. The molecule has 0 radical (unpaired) electrons. The second-order valence-electron chi connectivity index (χ2n) is 5.97. The van der Waals surface area contributed by atoms with E-state index in [-0.39, 0.29) is 23.4 Å². The van der Waals surface area contributed by atoms with Crippen molar-refractivity contribution in [2.45, 2.75) is 26.7 Å². The van der Waals surface area contributed by atoms with Gasteiger partial charge in [0, 0.05) is 33.9 Å². The van der Waals surface area contributed by atoms with E-state index in [1.807, 2.05) is 13.8 Å². The van der Waals surface area contributed by atoms with Gasteiger partial charge in [-0.15, -0.1) is 0 Å². The van der Waals surface area contributed by atoms with Gasteiger partial charge >= 0.3 is 0 Å². The molecule has 2 aromatic carbocycles. The topological polar surface area (TPSA) is 63.2 Å². The van der Waals surface area contributed by atoms with Crippen molar-refractivity contribution in [3.05, 3.63) is 64.7 Å². The Bertz CT molecular complexity index is 835. The van der Waals surface area contributed by atoms with Crippen LogP contribution in [0.4, 0.5) is 5.69 Å². The number of carbonyl (C=O) groups is 3. The molecular formula is C20H19NO3. The molecule has 4 heteroatoms. The highest BCUT2D eigenvalue weighted by Crippen LogP contribution is 2.29. The molecule has 2 aromatic rings. The van der Waals surface area contributed by atoms with E-state index in [0.717, 1.165) is 12.8 Å². The van der Waals surface area contributed by atoms with E-state index in [0.29, 0.717) is 27.9 Å². The number of fused-ring (bicyclic) bond motifs is 2. The summed E-state index contributed by atoms with van der Waals surface area (Å²) in [5.74, 6) is -0.453. The van der Waals surface area contributed by atoms with Gasteiger partial charge in [0.2, 0.25) is 5.91 Å². The van der Waals surface area contributed by atoms with Gasteiger partial charge in [0.25, 0.3) is 0 Å². The number of rotatable bonds is 4. The molecule has 0 saturated carbocycles. The number of carbonyl (C=O) groups excluding carboxylic acids is 3. The number of ketones is 2. The smallest absolute Gasteiger partial charge is 0.227 e. The molecule has 0 aliphatic heterocycles.